The summed E-state index contributed by atoms with van der Waals surface area (Å²) in [7, 11) is 4.13. The lowest BCUT2D eigenvalue weighted by Gasteiger charge is -2.39. The number of ether oxygens (including phenoxy) is 1. The van der Waals surface area contributed by atoms with Gasteiger partial charge in [0.05, 0.1) is 18.0 Å². The molecule has 0 bridgehead atoms. The summed E-state index contributed by atoms with van der Waals surface area (Å²) in [5.41, 5.74) is 3.70. The van der Waals surface area contributed by atoms with Gasteiger partial charge in [-0.3, -0.25) is 9.59 Å². The van der Waals surface area contributed by atoms with Crippen molar-refractivity contribution in [2.24, 2.45) is 15.9 Å². The molecule has 2 heterocycles. The number of esters is 1. The molecule has 0 aromatic rings. The summed E-state index contributed by atoms with van der Waals surface area (Å²) in [6, 6.07) is 0. The Morgan fingerprint density at radius 3 is 2.73 bits per heavy atom. The molecule has 1 amide bonds. The lowest BCUT2D eigenvalue weighted by molar-refractivity contribution is -0.143. The van der Waals surface area contributed by atoms with E-state index < -0.39 is 0 Å². The highest BCUT2D eigenvalue weighted by Gasteiger charge is 2.37. The van der Waals surface area contributed by atoms with Crippen LogP contribution in [0.25, 0.3) is 0 Å². The van der Waals surface area contributed by atoms with E-state index in [1.54, 1.807) is 0 Å². The number of carbonyl (C=O) groups is 2. The number of nitrogens with one attached hydrogen (secondary N) is 1. The summed E-state index contributed by atoms with van der Waals surface area (Å²) < 4.78 is 6.23. The number of amides is 1. The molecule has 0 fully saturated rings. The molecule has 0 radical (unpaired) electrons. The summed E-state index contributed by atoms with van der Waals surface area (Å²) >= 11 is 2.28. The van der Waals surface area contributed by atoms with E-state index >= 15 is 0 Å². The lowest BCUT2D eigenvalue weighted by Crippen LogP contribution is -2.53. The minimum absolute atomic E-state index is 0.0965. The minimum atomic E-state index is -0.269. The smallest absolute Gasteiger partial charge is 0.305 e. The Kier molecular flexibility index (Phi) is 9.34. The van der Waals surface area contributed by atoms with Crippen LogP contribution in [-0.2, 0) is 14.3 Å². The number of hydrogen-bond donors (Lipinski definition) is 1. The van der Waals surface area contributed by atoms with Gasteiger partial charge in [-0.2, -0.15) is 0 Å². The number of allylic oxidation sites excluding steroid dienone is 3. The molecule has 2 aliphatic heterocycles. The first-order valence-electron chi connectivity index (χ1n) is 11.9. The van der Waals surface area contributed by atoms with Gasteiger partial charge >= 0.3 is 5.97 Å². The van der Waals surface area contributed by atoms with E-state index in [0.717, 1.165) is 60.9 Å². The van der Waals surface area contributed by atoms with E-state index in [0.29, 0.717) is 30.5 Å². The van der Waals surface area contributed by atoms with Crippen LogP contribution in [0.4, 0.5) is 0 Å². The number of fused-ring (bicyclic) bond motifs is 1. The highest BCUT2D eigenvalue weighted by molar-refractivity contribution is 14.1. The molecule has 1 aliphatic carbocycles. The van der Waals surface area contributed by atoms with Gasteiger partial charge in [-0.1, -0.05) is 42.4 Å². The van der Waals surface area contributed by atoms with Crippen LogP contribution >= 0.6 is 22.6 Å². The normalized spacial score (nSPS) is 22.0. The van der Waals surface area contributed by atoms with Gasteiger partial charge < -0.3 is 19.9 Å². The van der Waals surface area contributed by atoms with Crippen molar-refractivity contribution in [1.82, 2.24) is 15.1 Å². The molecule has 1 N–H and O–H groups in total. The zero-order valence-electron chi connectivity index (χ0n) is 20.2. The molecule has 0 aromatic heterocycles. The molecule has 0 aromatic carbocycles. The van der Waals surface area contributed by atoms with Gasteiger partial charge in [0.15, 0.2) is 11.5 Å². The standard InChI is InChI=1S/C24H36IN5O3/c1-16-14-18-20(15-19(16)29(3)4)30(23-22(28-18)24(32)27-17(2)26-23)12-8-6-5-7-10-21(31)33-13-9-11-25/h15-17H,5-14H2,1-4H3,(H,27,32). The van der Waals surface area contributed by atoms with Crippen LogP contribution in [-0.4, -0.2) is 71.1 Å². The van der Waals surface area contributed by atoms with E-state index in [4.69, 9.17) is 14.7 Å². The van der Waals surface area contributed by atoms with Gasteiger partial charge in [-0.15, -0.1) is 0 Å². The van der Waals surface area contributed by atoms with Crippen LogP contribution in [0.15, 0.2) is 33.2 Å². The second-order valence-corrected chi connectivity index (χ2v) is 10.1. The summed E-state index contributed by atoms with van der Waals surface area (Å²) in [5.74, 6) is 0.763. The van der Waals surface area contributed by atoms with E-state index in [-0.39, 0.29) is 18.0 Å². The SMILES string of the molecule is CC1N=C2C(=NC3=C(C=C(N(C)C)C(C)C3)N2CCCCCCC(=O)OCCCI)C(=O)N1. The second-order valence-electron chi connectivity index (χ2n) is 9.04. The van der Waals surface area contributed by atoms with Crippen LogP contribution in [0.1, 0.15) is 58.8 Å². The molecular weight excluding hydrogens is 533 g/mol. The molecule has 8 nitrogen and oxygen atoms in total. The Labute approximate surface area is 210 Å². The third kappa shape index (κ3) is 6.58. The molecule has 182 valence electrons. The summed E-state index contributed by atoms with van der Waals surface area (Å²) in [6.45, 7) is 5.36. The molecule has 0 saturated heterocycles. The lowest BCUT2D eigenvalue weighted by atomic mass is 9.92. The zero-order valence-corrected chi connectivity index (χ0v) is 22.4. The topological polar surface area (TPSA) is 86.6 Å². The van der Waals surface area contributed by atoms with E-state index in [1.165, 1.54) is 5.70 Å². The van der Waals surface area contributed by atoms with Crippen molar-refractivity contribution < 1.29 is 14.3 Å². The predicted molar refractivity (Wildman–Crippen MR) is 139 cm³/mol. The Balaban J connectivity index is 1.64. The first-order valence-corrected chi connectivity index (χ1v) is 13.4. The van der Waals surface area contributed by atoms with Crippen molar-refractivity contribution in [2.45, 2.75) is 65.0 Å². The van der Waals surface area contributed by atoms with Crippen LogP contribution in [0.3, 0.4) is 0 Å². The zero-order chi connectivity index (χ0) is 24.0. The van der Waals surface area contributed by atoms with Gasteiger partial charge in [-0.05, 0) is 38.7 Å². The number of unbranched alkanes of at least 4 members (excludes halogenated alkanes) is 3. The molecule has 0 spiro atoms. The van der Waals surface area contributed by atoms with E-state index in [2.05, 4.69) is 64.8 Å². The first-order chi connectivity index (χ1) is 15.8. The number of nitrogens with zero attached hydrogens (tertiary/aromatic N) is 4. The number of aliphatic imine (C=N–C) groups is 2. The van der Waals surface area contributed by atoms with Gasteiger partial charge in [-0.25, -0.2) is 9.98 Å². The fraction of sp³-hybridized carbons (Fsp3) is 0.667. The third-order valence-electron chi connectivity index (χ3n) is 6.03. The van der Waals surface area contributed by atoms with Crippen molar-refractivity contribution in [3.8, 4) is 0 Å². The van der Waals surface area contributed by atoms with E-state index in [9.17, 15) is 9.59 Å². The highest BCUT2D eigenvalue weighted by Crippen LogP contribution is 2.35. The molecule has 0 saturated carbocycles. The van der Waals surface area contributed by atoms with Crippen molar-refractivity contribution in [3.05, 3.63) is 23.2 Å². The number of carbonyl (C=O) groups excluding carboxylic acids is 2. The average molecular weight is 569 g/mol. The fourth-order valence-electron chi connectivity index (χ4n) is 4.39. The Morgan fingerprint density at radius 2 is 2.00 bits per heavy atom. The fourth-order valence-corrected chi connectivity index (χ4v) is 4.70. The van der Waals surface area contributed by atoms with Crippen molar-refractivity contribution >= 4 is 46.0 Å². The quantitative estimate of drug-likeness (QED) is 0.178. The highest BCUT2D eigenvalue weighted by atomic mass is 127. The summed E-state index contributed by atoms with van der Waals surface area (Å²) in [6.07, 6.45) is 7.89. The maximum atomic E-state index is 12.6. The Hall–Kier alpha value is -1.91. The predicted octanol–water partition coefficient (Wildman–Crippen LogP) is 3.63. The van der Waals surface area contributed by atoms with Crippen LogP contribution in [0.2, 0.25) is 0 Å². The molecule has 2 atom stereocenters. The monoisotopic (exact) mass is 569 g/mol. The maximum absolute atomic E-state index is 12.6. The average Bonchev–Trinajstić information content (AvgIpc) is 2.75. The van der Waals surface area contributed by atoms with Crippen LogP contribution in [0, 0.1) is 5.92 Å². The second kappa shape index (κ2) is 12.0. The maximum Gasteiger partial charge on any atom is 0.305 e. The van der Waals surface area contributed by atoms with Gasteiger partial charge in [0, 0.05) is 43.1 Å². The molecule has 3 rings (SSSR count). The number of hydrogen-bond acceptors (Lipinski definition) is 7. The molecule has 9 heteroatoms. The van der Waals surface area contributed by atoms with Crippen LogP contribution in [0.5, 0.6) is 0 Å². The number of amidine groups is 1. The summed E-state index contributed by atoms with van der Waals surface area (Å²) in [4.78, 5) is 38.2. The number of alkyl halides is 1. The largest absolute Gasteiger partial charge is 0.466 e. The molecule has 3 aliphatic rings. The van der Waals surface area contributed by atoms with Gasteiger partial charge in [0.2, 0.25) is 0 Å². The number of halogens is 1. The Morgan fingerprint density at radius 1 is 1.24 bits per heavy atom. The summed E-state index contributed by atoms with van der Waals surface area (Å²) in [5, 5.41) is 2.87. The van der Waals surface area contributed by atoms with Gasteiger partial charge in [0.1, 0.15) is 6.17 Å². The van der Waals surface area contributed by atoms with Crippen molar-refractivity contribution in [2.75, 3.05) is 31.7 Å². The molecule has 2 unspecified atom stereocenters. The van der Waals surface area contributed by atoms with Gasteiger partial charge in [0.25, 0.3) is 5.91 Å². The number of rotatable bonds is 11. The van der Waals surface area contributed by atoms with E-state index in [1.807, 2.05) is 6.92 Å². The Bertz CT molecular complexity index is 877. The van der Waals surface area contributed by atoms with Crippen LogP contribution < -0.4 is 5.32 Å². The van der Waals surface area contributed by atoms with Crippen molar-refractivity contribution in [3.63, 3.8) is 0 Å². The first kappa shape index (κ1) is 25.7. The third-order valence-corrected chi connectivity index (χ3v) is 6.79. The molecule has 33 heavy (non-hydrogen) atoms. The molecular formula is C24H36IN5O3. The minimum Gasteiger partial charge on any atom is -0.466 e. The van der Waals surface area contributed by atoms with Crippen molar-refractivity contribution in [1.29, 1.82) is 0 Å².